The van der Waals surface area contributed by atoms with Crippen molar-refractivity contribution < 1.29 is 4.42 Å². The highest BCUT2D eigenvalue weighted by atomic mass is 16.3. The van der Waals surface area contributed by atoms with Gasteiger partial charge in [0.15, 0.2) is 11.5 Å². The minimum absolute atomic E-state index is 0.117. The van der Waals surface area contributed by atoms with Crippen LogP contribution in [0.4, 0.5) is 0 Å². The number of rotatable bonds is 2. The highest BCUT2D eigenvalue weighted by molar-refractivity contribution is 5.73. The number of aryl methyl sites for hydroxylation is 1. The van der Waals surface area contributed by atoms with Crippen molar-refractivity contribution in [3.05, 3.63) is 29.7 Å². The van der Waals surface area contributed by atoms with Crippen molar-refractivity contribution in [2.75, 3.05) is 0 Å². The first-order chi connectivity index (χ1) is 9.93. The molecule has 1 aromatic carbocycles. The third kappa shape index (κ3) is 2.38. The van der Waals surface area contributed by atoms with Crippen LogP contribution in [0.5, 0.6) is 0 Å². The third-order valence-corrected chi connectivity index (χ3v) is 5.68. The van der Waals surface area contributed by atoms with E-state index in [1.54, 1.807) is 0 Å². The predicted molar refractivity (Wildman–Crippen MR) is 86.3 cm³/mol. The molecular formula is C18H26N2O. The molecule has 1 aromatic heterocycles. The Kier molecular flexibility index (Phi) is 3.56. The Labute approximate surface area is 126 Å². The van der Waals surface area contributed by atoms with Crippen molar-refractivity contribution >= 4 is 11.1 Å². The summed E-state index contributed by atoms with van der Waals surface area (Å²) in [7, 11) is 0. The van der Waals surface area contributed by atoms with Gasteiger partial charge in [-0.1, -0.05) is 33.8 Å². The Morgan fingerprint density at radius 3 is 2.81 bits per heavy atom. The van der Waals surface area contributed by atoms with E-state index in [2.05, 4.69) is 45.9 Å². The zero-order valence-corrected chi connectivity index (χ0v) is 13.5. The van der Waals surface area contributed by atoms with Crippen molar-refractivity contribution in [1.29, 1.82) is 0 Å². The van der Waals surface area contributed by atoms with Gasteiger partial charge in [-0.05, 0) is 48.3 Å². The summed E-state index contributed by atoms with van der Waals surface area (Å²) >= 11 is 0. The van der Waals surface area contributed by atoms with E-state index in [0.29, 0.717) is 11.8 Å². The number of nitrogens with two attached hydrogens (primary N) is 1. The summed E-state index contributed by atoms with van der Waals surface area (Å²) in [6.45, 7) is 9.02. The Balaban J connectivity index is 1.99. The first-order valence-electron chi connectivity index (χ1n) is 8.08. The summed E-state index contributed by atoms with van der Waals surface area (Å²) in [5.74, 6) is 1.71. The normalized spacial score (nSPS) is 28.9. The fraction of sp³-hybridized carbons (Fsp3) is 0.611. The van der Waals surface area contributed by atoms with E-state index < -0.39 is 0 Å². The number of benzene rings is 1. The fourth-order valence-electron chi connectivity index (χ4n) is 3.65. The predicted octanol–water partition coefficient (Wildman–Crippen LogP) is 4.26. The molecule has 21 heavy (non-hydrogen) atoms. The van der Waals surface area contributed by atoms with Gasteiger partial charge in [0.05, 0.1) is 0 Å². The summed E-state index contributed by atoms with van der Waals surface area (Å²) in [4.78, 5) is 4.79. The van der Waals surface area contributed by atoms with Crippen LogP contribution >= 0.6 is 0 Å². The van der Waals surface area contributed by atoms with Crippen LogP contribution in [-0.2, 0) is 6.42 Å². The van der Waals surface area contributed by atoms with E-state index in [1.807, 2.05) is 0 Å². The summed E-state index contributed by atoms with van der Waals surface area (Å²) in [5, 5.41) is 0. The Hall–Kier alpha value is -1.35. The van der Waals surface area contributed by atoms with Gasteiger partial charge in [-0.15, -0.1) is 0 Å². The molecule has 1 saturated carbocycles. The van der Waals surface area contributed by atoms with Crippen LogP contribution in [0.1, 0.15) is 57.9 Å². The topological polar surface area (TPSA) is 52.0 Å². The Bertz CT molecular complexity index is 644. The van der Waals surface area contributed by atoms with E-state index in [1.165, 1.54) is 5.56 Å². The third-order valence-electron chi connectivity index (χ3n) is 5.68. The molecule has 3 unspecified atom stereocenters. The lowest BCUT2D eigenvalue weighted by molar-refractivity contribution is 0.0855. The van der Waals surface area contributed by atoms with E-state index in [9.17, 15) is 0 Å². The molecule has 3 nitrogen and oxygen atoms in total. The minimum Gasteiger partial charge on any atom is -0.440 e. The average molecular weight is 286 g/mol. The van der Waals surface area contributed by atoms with Gasteiger partial charge < -0.3 is 10.2 Å². The number of fused-ring (bicyclic) bond motifs is 1. The molecule has 2 N–H and O–H groups in total. The molecule has 3 heteroatoms. The van der Waals surface area contributed by atoms with E-state index in [4.69, 9.17) is 15.1 Å². The average Bonchev–Trinajstić information content (AvgIpc) is 2.87. The summed E-state index contributed by atoms with van der Waals surface area (Å²) < 4.78 is 6.07. The summed E-state index contributed by atoms with van der Waals surface area (Å²) in [6.07, 6.45) is 3.14. The number of hydrogen-bond acceptors (Lipinski definition) is 3. The standard InChI is InChI=1S/C18H26N2O/c1-5-12-6-9-16-15(10-12)20-17(21-16)13-7-8-14(19)11(2)18(13,3)4/h6,9-11,13-14H,5,7-8,19H2,1-4H3. The van der Waals surface area contributed by atoms with Gasteiger partial charge in [0, 0.05) is 12.0 Å². The fourth-order valence-corrected chi connectivity index (χ4v) is 3.65. The van der Waals surface area contributed by atoms with Crippen LogP contribution in [0, 0.1) is 11.3 Å². The maximum atomic E-state index is 6.26. The van der Waals surface area contributed by atoms with Crippen LogP contribution in [0.3, 0.4) is 0 Å². The van der Waals surface area contributed by atoms with Crippen molar-refractivity contribution in [1.82, 2.24) is 4.98 Å². The molecule has 114 valence electrons. The van der Waals surface area contributed by atoms with Gasteiger partial charge in [-0.25, -0.2) is 4.98 Å². The second kappa shape index (κ2) is 5.13. The molecule has 1 aliphatic rings. The van der Waals surface area contributed by atoms with Crippen molar-refractivity contribution in [3.63, 3.8) is 0 Å². The zero-order valence-electron chi connectivity index (χ0n) is 13.5. The van der Waals surface area contributed by atoms with Crippen molar-refractivity contribution in [3.8, 4) is 0 Å². The Morgan fingerprint density at radius 2 is 2.10 bits per heavy atom. The first-order valence-corrected chi connectivity index (χ1v) is 8.08. The smallest absolute Gasteiger partial charge is 0.199 e. The van der Waals surface area contributed by atoms with E-state index in [-0.39, 0.29) is 11.5 Å². The molecule has 0 spiro atoms. The number of nitrogens with zero attached hydrogens (tertiary/aromatic N) is 1. The molecule has 0 radical (unpaired) electrons. The molecule has 3 rings (SSSR count). The first kappa shape index (κ1) is 14.6. The lowest BCUT2D eigenvalue weighted by Crippen LogP contribution is -2.45. The molecule has 3 atom stereocenters. The maximum absolute atomic E-state index is 6.26. The van der Waals surface area contributed by atoms with Crippen LogP contribution in [-0.4, -0.2) is 11.0 Å². The van der Waals surface area contributed by atoms with Crippen LogP contribution in [0.15, 0.2) is 22.6 Å². The SMILES string of the molecule is CCc1ccc2oc(C3CCC(N)C(C)C3(C)C)nc2c1. The molecule has 1 heterocycles. The van der Waals surface area contributed by atoms with Gasteiger partial charge in [0.2, 0.25) is 0 Å². The van der Waals surface area contributed by atoms with Crippen LogP contribution in [0.25, 0.3) is 11.1 Å². The van der Waals surface area contributed by atoms with Crippen LogP contribution < -0.4 is 5.73 Å². The largest absolute Gasteiger partial charge is 0.440 e. The zero-order chi connectivity index (χ0) is 15.2. The molecule has 0 bridgehead atoms. The highest BCUT2D eigenvalue weighted by Crippen LogP contribution is 2.49. The van der Waals surface area contributed by atoms with Crippen molar-refractivity contribution in [2.45, 2.75) is 58.9 Å². The van der Waals surface area contributed by atoms with E-state index in [0.717, 1.165) is 36.3 Å². The van der Waals surface area contributed by atoms with Gasteiger partial charge in [-0.3, -0.25) is 0 Å². The van der Waals surface area contributed by atoms with Gasteiger partial charge in [0.1, 0.15) is 5.52 Å². The Morgan fingerprint density at radius 1 is 1.33 bits per heavy atom. The van der Waals surface area contributed by atoms with Crippen LogP contribution in [0.2, 0.25) is 0 Å². The number of hydrogen-bond donors (Lipinski definition) is 1. The molecule has 2 aromatic rings. The monoisotopic (exact) mass is 286 g/mol. The summed E-state index contributed by atoms with van der Waals surface area (Å²) in [5.41, 5.74) is 9.57. The number of oxazole rings is 1. The van der Waals surface area contributed by atoms with E-state index >= 15 is 0 Å². The van der Waals surface area contributed by atoms with Gasteiger partial charge in [0.25, 0.3) is 0 Å². The second-order valence-electron chi connectivity index (χ2n) is 7.11. The van der Waals surface area contributed by atoms with Gasteiger partial charge in [-0.2, -0.15) is 0 Å². The highest BCUT2D eigenvalue weighted by Gasteiger charge is 2.44. The molecule has 0 aliphatic heterocycles. The summed E-state index contributed by atoms with van der Waals surface area (Å²) in [6, 6.07) is 6.61. The molecule has 0 saturated heterocycles. The quantitative estimate of drug-likeness (QED) is 0.897. The lowest BCUT2D eigenvalue weighted by atomic mass is 9.61. The molecule has 1 aliphatic carbocycles. The maximum Gasteiger partial charge on any atom is 0.199 e. The second-order valence-corrected chi connectivity index (χ2v) is 7.11. The lowest BCUT2D eigenvalue weighted by Gasteiger charge is -2.45. The van der Waals surface area contributed by atoms with Gasteiger partial charge >= 0.3 is 0 Å². The molecule has 0 amide bonds. The number of aromatic nitrogens is 1. The van der Waals surface area contributed by atoms with Crippen molar-refractivity contribution in [2.24, 2.45) is 17.1 Å². The molecular weight excluding hydrogens is 260 g/mol. The minimum atomic E-state index is 0.117. The molecule has 1 fully saturated rings.